The van der Waals surface area contributed by atoms with Crippen LogP contribution >= 0.6 is 0 Å². The highest BCUT2D eigenvalue weighted by molar-refractivity contribution is 5.83. The molecule has 3 aromatic rings. The van der Waals surface area contributed by atoms with Crippen LogP contribution in [0.2, 0.25) is 0 Å². The minimum Gasteiger partial charge on any atom is -0.376 e. The van der Waals surface area contributed by atoms with Crippen LogP contribution in [0.25, 0.3) is 22.2 Å². The second kappa shape index (κ2) is 8.95. The fraction of sp³-hybridized carbons (Fsp3) is 0.520. The van der Waals surface area contributed by atoms with Gasteiger partial charge in [-0.05, 0) is 42.9 Å². The van der Waals surface area contributed by atoms with Crippen molar-refractivity contribution in [2.24, 2.45) is 18.9 Å². The molecule has 1 aliphatic carbocycles. The first-order valence-electron chi connectivity index (χ1n) is 12.0. The zero-order chi connectivity index (χ0) is 23.1. The average molecular weight is 460 g/mol. The molecule has 0 spiro atoms. The van der Waals surface area contributed by atoms with E-state index in [0.29, 0.717) is 54.8 Å². The average Bonchev–Trinajstić information content (AvgIpc) is 3.51. The van der Waals surface area contributed by atoms with Crippen molar-refractivity contribution in [1.29, 1.82) is 5.26 Å². The molecular formula is C25H29N7O2. The van der Waals surface area contributed by atoms with Gasteiger partial charge in [0.05, 0.1) is 42.7 Å². The van der Waals surface area contributed by atoms with Crippen molar-refractivity contribution >= 4 is 16.7 Å². The number of rotatable bonds is 5. The van der Waals surface area contributed by atoms with Crippen molar-refractivity contribution in [2.75, 3.05) is 44.8 Å². The highest BCUT2D eigenvalue weighted by Crippen LogP contribution is 2.39. The van der Waals surface area contributed by atoms with Gasteiger partial charge in [0.15, 0.2) is 5.82 Å². The molecule has 2 aromatic heterocycles. The summed E-state index contributed by atoms with van der Waals surface area (Å²) < 4.78 is 13.2. The monoisotopic (exact) mass is 459 g/mol. The molecule has 1 saturated carbocycles. The lowest BCUT2D eigenvalue weighted by atomic mass is 10.0. The Kier molecular flexibility index (Phi) is 5.65. The Morgan fingerprint density at radius 3 is 2.76 bits per heavy atom. The SMILES string of the molecule is Cn1cc2cc(-c3cc(C#N)c(N[C@H]4C[C@@H]5CN(C[C@@H]6COCCO6)C[C@@H]5C4)nn3)ccc2n1. The van der Waals surface area contributed by atoms with E-state index in [-0.39, 0.29) is 6.10 Å². The van der Waals surface area contributed by atoms with Gasteiger partial charge in [-0.25, -0.2) is 0 Å². The number of nitrogens with one attached hydrogen (secondary N) is 1. The molecule has 176 valence electrons. The molecule has 0 unspecified atom stereocenters. The van der Waals surface area contributed by atoms with Crippen molar-refractivity contribution in [3.05, 3.63) is 36.0 Å². The summed E-state index contributed by atoms with van der Waals surface area (Å²) in [6, 6.07) is 10.4. The molecule has 0 amide bonds. The Labute approximate surface area is 198 Å². The third-order valence-corrected chi connectivity index (χ3v) is 7.34. The molecule has 34 heavy (non-hydrogen) atoms. The number of likely N-dealkylation sites (tertiary alicyclic amines) is 1. The lowest BCUT2D eigenvalue weighted by Gasteiger charge is -2.28. The van der Waals surface area contributed by atoms with Crippen molar-refractivity contribution < 1.29 is 9.47 Å². The number of aromatic nitrogens is 4. The van der Waals surface area contributed by atoms with Crippen LogP contribution in [0.3, 0.4) is 0 Å². The fourth-order valence-electron chi connectivity index (χ4n) is 5.82. The maximum Gasteiger partial charge on any atom is 0.166 e. The van der Waals surface area contributed by atoms with E-state index in [2.05, 4.69) is 31.6 Å². The van der Waals surface area contributed by atoms with Crippen LogP contribution in [-0.2, 0) is 16.5 Å². The van der Waals surface area contributed by atoms with Crippen molar-refractivity contribution in [3.63, 3.8) is 0 Å². The number of hydrogen-bond acceptors (Lipinski definition) is 8. The lowest BCUT2D eigenvalue weighted by Crippen LogP contribution is -2.39. The van der Waals surface area contributed by atoms with E-state index < -0.39 is 0 Å². The van der Waals surface area contributed by atoms with E-state index in [4.69, 9.17) is 9.47 Å². The summed E-state index contributed by atoms with van der Waals surface area (Å²) in [5, 5.41) is 27.6. The van der Waals surface area contributed by atoms with Gasteiger partial charge < -0.3 is 19.7 Å². The molecule has 2 aliphatic heterocycles. The van der Waals surface area contributed by atoms with Gasteiger partial charge in [0, 0.05) is 49.9 Å². The van der Waals surface area contributed by atoms with Crippen molar-refractivity contribution in [2.45, 2.75) is 25.0 Å². The number of hydrogen-bond donors (Lipinski definition) is 1. The van der Waals surface area contributed by atoms with Gasteiger partial charge in [-0.3, -0.25) is 4.68 Å². The van der Waals surface area contributed by atoms with Crippen LogP contribution in [-0.4, -0.2) is 76.5 Å². The van der Waals surface area contributed by atoms with Crippen LogP contribution in [0, 0.1) is 23.2 Å². The Morgan fingerprint density at radius 1 is 1.15 bits per heavy atom. The second-order valence-electron chi connectivity index (χ2n) is 9.80. The molecule has 1 aromatic carbocycles. The third kappa shape index (κ3) is 4.25. The highest BCUT2D eigenvalue weighted by Gasteiger charge is 2.41. The largest absolute Gasteiger partial charge is 0.376 e. The lowest BCUT2D eigenvalue weighted by molar-refractivity contribution is -0.0964. The molecular weight excluding hydrogens is 430 g/mol. The molecule has 4 atom stereocenters. The zero-order valence-electron chi connectivity index (χ0n) is 19.4. The van der Waals surface area contributed by atoms with E-state index in [9.17, 15) is 5.26 Å². The van der Waals surface area contributed by atoms with Gasteiger partial charge in [0.2, 0.25) is 0 Å². The number of nitrogens with zero attached hydrogens (tertiary/aromatic N) is 6. The van der Waals surface area contributed by atoms with E-state index in [1.807, 2.05) is 37.5 Å². The summed E-state index contributed by atoms with van der Waals surface area (Å²) in [7, 11) is 1.91. The van der Waals surface area contributed by atoms with Gasteiger partial charge in [0.1, 0.15) is 6.07 Å². The molecule has 3 aliphatic rings. The Bertz CT molecular complexity index is 1220. The molecule has 2 saturated heterocycles. The summed E-state index contributed by atoms with van der Waals surface area (Å²) in [5.74, 6) is 1.93. The van der Waals surface area contributed by atoms with Gasteiger partial charge >= 0.3 is 0 Å². The van der Waals surface area contributed by atoms with Gasteiger partial charge in [0.25, 0.3) is 0 Å². The maximum absolute atomic E-state index is 9.79. The topological polar surface area (TPSA) is 101 Å². The standard InChI is InChI=1S/C25H29N7O2/c1-31-11-20-6-16(2-3-23(20)30-31)24-9-17(10-26)25(29-28-24)27-21-7-18-12-32(13-19(18)8-21)14-22-15-33-4-5-34-22/h2-3,6,9,11,18-19,21-22H,4-5,7-8,12-15H2,1H3,(H,27,29)/t18-,19+,21+,22-/m1/s1. The van der Waals surface area contributed by atoms with Crippen LogP contribution in [0.5, 0.6) is 0 Å². The Balaban J connectivity index is 1.10. The summed E-state index contributed by atoms with van der Waals surface area (Å²) in [4.78, 5) is 2.53. The molecule has 0 radical (unpaired) electrons. The minimum absolute atomic E-state index is 0.201. The number of benzene rings is 1. The van der Waals surface area contributed by atoms with Crippen molar-refractivity contribution in [3.8, 4) is 17.3 Å². The molecule has 1 N–H and O–H groups in total. The fourth-order valence-corrected chi connectivity index (χ4v) is 5.82. The summed E-state index contributed by atoms with van der Waals surface area (Å²) in [5.41, 5.74) is 3.09. The smallest absolute Gasteiger partial charge is 0.166 e. The molecule has 9 heteroatoms. The second-order valence-corrected chi connectivity index (χ2v) is 9.80. The first-order chi connectivity index (χ1) is 16.6. The summed E-state index contributed by atoms with van der Waals surface area (Å²) in [6.07, 6.45) is 4.36. The summed E-state index contributed by atoms with van der Waals surface area (Å²) >= 11 is 0. The van der Waals surface area contributed by atoms with E-state index in [1.165, 1.54) is 0 Å². The molecule has 6 rings (SSSR count). The number of nitriles is 1. The van der Waals surface area contributed by atoms with Crippen LogP contribution in [0.4, 0.5) is 5.82 Å². The van der Waals surface area contributed by atoms with E-state index >= 15 is 0 Å². The first kappa shape index (κ1) is 21.5. The van der Waals surface area contributed by atoms with Crippen LogP contribution < -0.4 is 5.32 Å². The minimum atomic E-state index is 0.201. The third-order valence-electron chi connectivity index (χ3n) is 7.34. The molecule has 3 fully saturated rings. The Hall–Kier alpha value is -3.06. The summed E-state index contributed by atoms with van der Waals surface area (Å²) in [6.45, 7) is 5.30. The van der Waals surface area contributed by atoms with Crippen LogP contribution in [0.1, 0.15) is 18.4 Å². The maximum atomic E-state index is 9.79. The van der Waals surface area contributed by atoms with Gasteiger partial charge in [-0.1, -0.05) is 6.07 Å². The number of fused-ring (bicyclic) bond motifs is 2. The van der Waals surface area contributed by atoms with Gasteiger partial charge in [-0.15, -0.1) is 10.2 Å². The van der Waals surface area contributed by atoms with Gasteiger partial charge in [-0.2, -0.15) is 10.4 Å². The predicted molar refractivity (Wildman–Crippen MR) is 127 cm³/mol. The van der Waals surface area contributed by atoms with E-state index in [0.717, 1.165) is 48.9 Å². The number of ether oxygens (including phenoxy) is 2. The quantitative estimate of drug-likeness (QED) is 0.621. The highest BCUT2D eigenvalue weighted by atomic mass is 16.6. The van der Waals surface area contributed by atoms with Crippen molar-refractivity contribution in [1.82, 2.24) is 24.9 Å². The molecule has 4 heterocycles. The zero-order valence-corrected chi connectivity index (χ0v) is 19.4. The molecule has 0 bridgehead atoms. The predicted octanol–water partition coefficient (Wildman–Crippen LogP) is 2.44. The van der Waals surface area contributed by atoms with E-state index in [1.54, 1.807) is 4.68 Å². The number of anilines is 1. The molecule has 9 nitrogen and oxygen atoms in total. The normalized spacial score (nSPS) is 27.1. The van der Waals surface area contributed by atoms with Crippen LogP contribution in [0.15, 0.2) is 30.5 Å². The Morgan fingerprint density at radius 2 is 2.00 bits per heavy atom. The first-order valence-corrected chi connectivity index (χ1v) is 12.0. The number of aryl methyl sites for hydroxylation is 1.